The van der Waals surface area contributed by atoms with Gasteiger partial charge >= 0.3 is 5.97 Å². The standard InChI is InChI=1S/C7H14O2.C2H6O/c1-3-4-5-6-9-7(2)8;1-3-2/h3-6H2,1-2H3;1-2H3. The Kier molecular flexibility index (Phi) is 15.2. The second kappa shape index (κ2) is 13.1. The van der Waals surface area contributed by atoms with Crippen LogP contribution in [0.3, 0.4) is 0 Å². The fourth-order valence-electron chi connectivity index (χ4n) is 0.568. The summed E-state index contributed by atoms with van der Waals surface area (Å²) in [6, 6.07) is 0. The monoisotopic (exact) mass is 176 g/mol. The highest BCUT2D eigenvalue weighted by Crippen LogP contribution is 1.93. The Labute approximate surface area is 75.1 Å². The van der Waals surface area contributed by atoms with Crippen LogP contribution in [0.5, 0.6) is 0 Å². The molecule has 0 aliphatic carbocycles. The topological polar surface area (TPSA) is 35.5 Å². The van der Waals surface area contributed by atoms with Crippen molar-refractivity contribution < 1.29 is 14.3 Å². The van der Waals surface area contributed by atoms with Gasteiger partial charge < -0.3 is 9.47 Å². The fraction of sp³-hybridized carbons (Fsp3) is 0.889. The number of methoxy groups -OCH3 is 1. The van der Waals surface area contributed by atoms with E-state index in [0.29, 0.717) is 6.61 Å². The molecule has 0 unspecified atom stereocenters. The lowest BCUT2D eigenvalue weighted by Gasteiger charge is -1.98. The highest BCUT2D eigenvalue weighted by Gasteiger charge is 1.89. The Hall–Kier alpha value is -0.570. The van der Waals surface area contributed by atoms with E-state index in [9.17, 15) is 4.79 Å². The lowest BCUT2D eigenvalue weighted by atomic mass is 10.3. The smallest absolute Gasteiger partial charge is 0.302 e. The molecule has 0 aromatic carbocycles. The second-order valence-electron chi connectivity index (χ2n) is 2.46. The van der Waals surface area contributed by atoms with Gasteiger partial charge in [-0.2, -0.15) is 0 Å². The first kappa shape index (κ1) is 14.0. The molecule has 0 radical (unpaired) electrons. The molecule has 3 heteroatoms. The van der Waals surface area contributed by atoms with Crippen molar-refractivity contribution in [2.24, 2.45) is 0 Å². The van der Waals surface area contributed by atoms with Gasteiger partial charge in [-0.3, -0.25) is 4.79 Å². The molecule has 0 bridgehead atoms. The Morgan fingerprint density at radius 3 is 2.08 bits per heavy atom. The van der Waals surface area contributed by atoms with Crippen molar-refractivity contribution in [2.75, 3.05) is 20.8 Å². The number of hydrogen-bond donors (Lipinski definition) is 0. The fourth-order valence-corrected chi connectivity index (χ4v) is 0.568. The summed E-state index contributed by atoms with van der Waals surface area (Å²) in [6.45, 7) is 4.14. The zero-order valence-corrected chi connectivity index (χ0v) is 8.55. The molecule has 12 heavy (non-hydrogen) atoms. The average molecular weight is 176 g/mol. The Morgan fingerprint density at radius 1 is 1.25 bits per heavy atom. The number of ether oxygens (including phenoxy) is 2. The molecule has 0 atom stereocenters. The first-order valence-corrected chi connectivity index (χ1v) is 4.22. The largest absolute Gasteiger partial charge is 0.466 e. The lowest BCUT2D eigenvalue weighted by Crippen LogP contribution is -1.99. The van der Waals surface area contributed by atoms with Crippen molar-refractivity contribution in [1.29, 1.82) is 0 Å². The molecule has 0 saturated heterocycles. The molecule has 0 aliphatic heterocycles. The number of unbranched alkanes of at least 4 members (excludes halogenated alkanes) is 2. The molecule has 0 aromatic heterocycles. The van der Waals surface area contributed by atoms with E-state index in [0.717, 1.165) is 12.8 Å². The Balaban J connectivity index is 0. The number of esters is 1. The SMILES string of the molecule is CCCCCOC(C)=O.COC. The molecule has 0 amide bonds. The van der Waals surface area contributed by atoms with Crippen LogP contribution in [0, 0.1) is 0 Å². The van der Waals surface area contributed by atoms with Gasteiger partial charge in [0.2, 0.25) is 0 Å². The van der Waals surface area contributed by atoms with Crippen LogP contribution < -0.4 is 0 Å². The molecule has 0 aromatic rings. The van der Waals surface area contributed by atoms with E-state index < -0.39 is 0 Å². The summed E-state index contributed by atoms with van der Waals surface area (Å²) >= 11 is 0. The van der Waals surface area contributed by atoms with Crippen molar-refractivity contribution in [3.63, 3.8) is 0 Å². The molecule has 0 N–H and O–H groups in total. The summed E-state index contributed by atoms with van der Waals surface area (Å²) in [6.07, 6.45) is 3.31. The minimum Gasteiger partial charge on any atom is -0.466 e. The van der Waals surface area contributed by atoms with Crippen molar-refractivity contribution in [2.45, 2.75) is 33.1 Å². The van der Waals surface area contributed by atoms with Crippen LogP contribution >= 0.6 is 0 Å². The van der Waals surface area contributed by atoms with Crippen LogP contribution in [0.25, 0.3) is 0 Å². The highest BCUT2D eigenvalue weighted by atomic mass is 16.5. The molecule has 0 aliphatic rings. The van der Waals surface area contributed by atoms with Gasteiger partial charge in [-0.25, -0.2) is 0 Å². The maximum atomic E-state index is 10.2. The Bertz CT molecular complexity index is 91.8. The van der Waals surface area contributed by atoms with Gasteiger partial charge in [0.15, 0.2) is 0 Å². The van der Waals surface area contributed by atoms with Crippen molar-refractivity contribution in [3.05, 3.63) is 0 Å². The molecule has 3 nitrogen and oxygen atoms in total. The number of carbonyl (C=O) groups is 1. The third-order valence-corrected chi connectivity index (χ3v) is 1.05. The molecule has 0 heterocycles. The number of hydrogen-bond acceptors (Lipinski definition) is 3. The summed E-state index contributed by atoms with van der Waals surface area (Å²) in [7, 11) is 3.25. The highest BCUT2D eigenvalue weighted by molar-refractivity contribution is 5.65. The first-order chi connectivity index (χ1) is 5.68. The molecular weight excluding hydrogens is 156 g/mol. The zero-order valence-electron chi connectivity index (χ0n) is 8.55. The maximum absolute atomic E-state index is 10.2. The van der Waals surface area contributed by atoms with Crippen LogP contribution in [0.15, 0.2) is 0 Å². The van der Waals surface area contributed by atoms with E-state index >= 15 is 0 Å². The third-order valence-electron chi connectivity index (χ3n) is 1.05. The van der Waals surface area contributed by atoms with E-state index in [1.54, 1.807) is 14.2 Å². The van der Waals surface area contributed by atoms with Gasteiger partial charge in [-0.1, -0.05) is 19.8 Å². The summed E-state index contributed by atoms with van der Waals surface area (Å²) in [4.78, 5) is 10.2. The first-order valence-electron chi connectivity index (χ1n) is 4.22. The van der Waals surface area contributed by atoms with Crippen molar-refractivity contribution >= 4 is 5.97 Å². The minimum absolute atomic E-state index is 0.175. The summed E-state index contributed by atoms with van der Waals surface area (Å²) in [5.74, 6) is -0.175. The zero-order chi connectivity index (χ0) is 9.82. The van der Waals surface area contributed by atoms with Crippen LogP contribution in [-0.4, -0.2) is 26.8 Å². The van der Waals surface area contributed by atoms with Crippen molar-refractivity contribution in [1.82, 2.24) is 0 Å². The third kappa shape index (κ3) is 22.7. The van der Waals surface area contributed by atoms with Crippen molar-refractivity contribution in [3.8, 4) is 0 Å². The van der Waals surface area contributed by atoms with E-state index in [2.05, 4.69) is 11.7 Å². The van der Waals surface area contributed by atoms with E-state index in [1.807, 2.05) is 0 Å². The molecule has 0 spiro atoms. The van der Waals surface area contributed by atoms with E-state index in [1.165, 1.54) is 13.3 Å². The van der Waals surface area contributed by atoms with Crippen LogP contribution in [0.1, 0.15) is 33.1 Å². The van der Waals surface area contributed by atoms with Crippen LogP contribution in [0.2, 0.25) is 0 Å². The van der Waals surface area contributed by atoms with Gasteiger partial charge in [-0.15, -0.1) is 0 Å². The lowest BCUT2D eigenvalue weighted by molar-refractivity contribution is -0.141. The van der Waals surface area contributed by atoms with Crippen LogP contribution in [-0.2, 0) is 14.3 Å². The molecule has 0 rings (SSSR count). The van der Waals surface area contributed by atoms with Gasteiger partial charge in [-0.05, 0) is 6.42 Å². The second-order valence-corrected chi connectivity index (χ2v) is 2.46. The normalized spacial score (nSPS) is 8.33. The molecule has 0 fully saturated rings. The van der Waals surface area contributed by atoms with Gasteiger partial charge in [0.25, 0.3) is 0 Å². The summed E-state index contributed by atoms with van der Waals surface area (Å²) in [5.41, 5.74) is 0. The minimum atomic E-state index is -0.175. The summed E-state index contributed by atoms with van der Waals surface area (Å²) < 4.78 is 8.96. The quantitative estimate of drug-likeness (QED) is 0.485. The molecular formula is C9H20O3. The van der Waals surface area contributed by atoms with Crippen LogP contribution in [0.4, 0.5) is 0 Å². The van der Waals surface area contributed by atoms with E-state index in [-0.39, 0.29) is 5.97 Å². The maximum Gasteiger partial charge on any atom is 0.302 e. The van der Waals surface area contributed by atoms with E-state index in [4.69, 9.17) is 4.74 Å². The summed E-state index contributed by atoms with van der Waals surface area (Å²) in [5, 5.41) is 0. The van der Waals surface area contributed by atoms with Gasteiger partial charge in [0.1, 0.15) is 0 Å². The van der Waals surface area contributed by atoms with Gasteiger partial charge in [0.05, 0.1) is 6.61 Å². The average Bonchev–Trinajstić information content (AvgIpc) is 1.99. The predicted molar refractivity (Wildman–Crippen MR) is 49.1 cm³/mol. The number of carbonyl (C=O) groups excluding carboxylic acids is 1. The molecule has 0 saturated carbocycles. The predicted octanol–water partition coefficient (Wildman–Crippen LogP) is 2.00. The van der Waals surface area contributed by atoms with Gasteiger partial charge in [0, 0.05) is 21.1 Å². The Morgan fingerprint density at radius 2 is 1.75 bits per heavy atom. The number of rotatable bonds is 4. The molecule has 74 valence electrons.